The molecule has 0 unspecified atom stereocenters. The van der Waals surface area contributed by atoms with Gasteiger partial charge in [-0.15, -0.1) is 0 Å². The fourth-order valence-electron chi connectivity index (χ4n) is 1.61. The maximum Gasteiger partial charge on any atom is 1.00 e. The molecule has 2 aromatic carbocycles. The van der Waals surface area contributed by atoms with E-state index < -0.39 is 30.0 Å². The second-order valence-electron chi connectivity index (χ2n) is 3.59. The Morgan fingerprint density at radius 2 is 1.32 bits per heavy atom. The third kappa shape index (κ3) is 7.41. The smallest absolute Gasteiger partial charge is 1.00 e. The van der Waals surface area contributed by atoms with Crippen LogP contribution in [0, 0.1) is 0 Å². The Hall–Kier alpha value is 2.52. The Kier molecular flexibility index (Phi) is 15.0. The summed E-state index contributed by atoms with van der Waals surface area (Å²) in [6.45, 7) is 0. The minimum absolute atomic E-state index is 0. The topological polar surface area (TPSA) is 109 Å². The van der Waals surface area contributed by atoms with Gasteiger partial charge in [0.2, 0.25) is 0 Å². The van der Waals surface area contributed by atoms with Crippen molar-refractivity contribution in [1.29, 1.82) is 0 Å². The van der Waals surface area contributed by atoms with Crippen molar-refractivity contribution in [1.82, 2.24) is 0 Å². The number of rotatable bonds is 2. The first-order chi connectivity index (χ1) is 8.19. The number of hydrogen-bond acceptors (Lipinski definition) is 4. The van der Waals surface area contributed by atoms with Gasteiger partial charge in [0.25, 0.3) is 20.2 Å². The molecule has 0 aromatic heterocycles. The molecule has 2 N–H and O–H groups in total. The van der Waals surface area contributed by atoms with E-state index in [9.17, 15) is 16.8 Å². The van der Waals surface area contributed by atoms with Crippen molar-refractivity contribution in [2.45, 2.75) is 9.79 Å². The molecule has 0 spiro atoms. The summed E-state index contributed by atoms with van der Waals surface area (Å²) in [6, 6.07) is 7.59. The molecule has 2 aromatic rings. The van der Waals surface area contributed by atoms with E-state index in [2.05, 4.69) is 0 Å². The van der Waals surface area contributed by atoms with E-state index in [0.29, 0.717) is 5.39 Å². The molecule has 0 atom stereocenters. The van der Waals surface area contributed by atoms with Gasteiger partial charge in [-0.3, -0.25) is 9.11 Å². The molecular formula is C10H12Na4O6S2. The van der Waals surface area contributed by atoms with Crippen molar-refractivity contribution in [3.8, 4) is 0 Å². The first-order valence-corrected chi connectivity index (χ1v) is 7.55. The predicted molar refractivity (Wildman–Crippen MR) is 68.0 cm³/mol. The van der Waals surface area contributed by atoms with Crippen LogP contribution in [0.1, 0.15) is 5.71 Å². The first-order valence-electron chi connectivity index (χ1n) is 4.67. The van der Waals surface area contributed by atoms with Crippen LogP contribution in [0.2, 0.25) is 0 Å². The molecule has 2 rings (SSSR count). The average molecular weight is 384 g/mol. The van der Waals surface area contributed by atoms with Crippen LogP contribution in [-0.4, -0.2) is 25.9 Å². The third-order valence-electron chi connectivity index (χ3n) is 2.39. The van der Waals surface area contributed by atoms with Crippen LogP contribution in [0.15, 0.2) is 46.2 Å². The van der Waals surface area contributed by atoms with Crippen molar-refractivity contribution in [3.63, 3.8) is 0 Å². The van der Waals surface area contributed by atoms with Gasteiger partial charge in [0.05, 0.1) is 4.90 Å². The second-order valence-corrected chi connectivity index (χ2v) is 6.40. The van der Waals surface area contributed by atoms with Gasteiger partial charge in [-0.1, -0.05) is 18.2 Å². The van der Waals surface area contributed by atoms with E-state index in [1.54, 1.807) is 6.07 Å². The summed E-state index contributed by atoms with van der Waals surface area (Å²) in [6.07, 6.45) is 0. The third-order valence-corrected chi connectivity index (χ3v) is 4.15. The minimum atomic E-state index is -4.47. The Labute approximate surface area is 223 Å². The first kappa shape index (κ1) is 29.3. The van der Waals surface area contributed by atoms with Crippen molar-refractivity contribution in [3.05, 3.63) is 36.4 Å². The summed E-state index contributed by atoms with van der Waals surface area (Å²) in [5.74, 6) is 0. The van der Waals surface area contributed by atoms with Crippen LogP contribution in [0.25, 0.3) is 10.8 Å². The van der Waals surface area contributed by atoms with E-state index in [0.717, 1.165) is 18.2 Å². The van der Waals surface area contributed by atoms with Crippen LogP contribution < -0.4 is 118 Å². The van der Waals surface area contributed by atoms with E-state index in [-0.39, 0.29) is 129 Å². The molecular weight excluding hydrogens is 372 g/mol. The van der Waals surface area contributed by atoms with Crippen molar-refractivity contribution >= 4 is 31.0 Å². The summed E-state index contributed by atoms with van der Waals surface area (Å²) >= 11 is 0. The fraction of sp³-hybridized carbons (Fsp3) is 0. The van der Waals surface area contributed by atoms with Crippen molar-refractivity contribution in [2.75, 3.05) is 0 Å². The zero-order valence-electron chi connectivity index (χ0n) is 16.8. The van der Waals surface area contributed by atoms with Crippen LogP contribution in [0.4, 0.5) is 0 Å². The molecule has 104 valence electrons. The SMILES string of the molecule is O=S(=O)(O)c1ccc2cccc(S(=O)(=O)O)c2c1.[H-].[H-].[H-].[H-].[Na+].[Na+].[Na+].[Na+]. The standard InChI is InChI=1S/C10H8O6S2.4Na.4H/c11-17(12,13)8-5-4-7-2-1-3-10(9(7)6-8)18(14,15)16;;;;;;;;/h1-6H,(H,11,12,13)(H,14,15,16);;;;;;;;/q;4*+1;4*-1. The van der Waals surface area contributed by atoms with Gasteiger partial charge in [-0.2, -0.15) is 16.8 Å². The summed E-state index contributed by atoms with van der Waals surface area (Å²) in [5.41, 5.74) is 0. The Balaban J connectivity index is -0.0000000902. The van der Waals surface area contributed by atoms with E-state index in [1.165, 1.54) is 12.1 Å². The van der Waals surface area contributed by atoms with Gasteiger partial charge >= 0.3 is 118 Å². The van der Waals surface area contributed by atoms with Crippen molar-refractivity contribution in [2.24, 2.45) is 0 Å². The molecule has 0 aliphatic carbocycles. The largest absolute Gasteiger partial charge is 1.00 e. The monoisotopic (exact) mass is 384 g/mol. The summed E-state index contributed by atoms with van der Waals surface area (Å²) in [5, 5.41) is 0.452. The summed E-state index contributed by atoms with van der Waals surface area (Å²) in [7, 11) is -8.90. The van der Waals surface area contributed by atoms with Gasteiger partial charge in [-0.25, -0.2) is 0 Å². The molecule has 0 saturated heterocycles. The summed E-state index contributed by atoms with van der Waals surface area (Å²) in [4.78, 5) is -0.850. The molecule has 0 radical (unpaired) electrons. The van der Waals surface area contributed by atoms with Crippen LogP contribution in [0.3, 0.4) is 0 Å². The molecule has 0 bridgehead atoms. The van der Waals surface area contributed by atoms with Crippen LogP contribution in [-0.2, 0) is 20.2 Å². The number of fused-ring (bicyclic) bond motifs is 1. The molecule has 12 heteroatoms. The molecule has 0 heterocycles. The Morgan fingerprint density at radius 3 is 1.77 bits per heavy atom. The molecule has 0 aliphatic rings. The van der Waals surface area contributed by atoms with Crippen LogP contribution in [0.5, 0.6) is 0 Å². The molecule has 22 heavy (non-hydrogen) atoms. The minimum Gasteiger partial charge on any atom is -1.00 e. The number of hydrogen-bond donors (Lipinski definition) is 2. The zero-order valence-corrected chi connectivity index (χ0v) is 22.4. The summed E-state index contributed by atoms with van der Waals surface area (Å²) < 4.78 is 62.2. The average Bonchev–Trinajstić information content (AvgIpc) is 2.25. The quantitative estimate of drug-likeness (QED) is 0.393. The molecule has 0 fully saturated rings. The maximum atomic E-state index is 11.2. The number of benzene rings is 2. The van der Waals surface area contributed by atoms with E-state index >= 15 is 0 Å². The van der Waals surface area contributed by atoms with Gasteiger partial charge in [0.1, 0.15) is 4.90 Å². The van der Waals surface area contributed by atoms with Gasteiger partial charge < -0.3 is 5.71 Å². The van der Waals surface area contributed by atoms with Crippen LogP contribution >= 0.6 is 0 Å². The maximum absolute atomic E-state index is 11.2. The predicted octanol–water partition coefficient (Wildman–Crippen LogP) is -10.2. The zero-order chi connectivity index (χ0) is 13.6. The van der Waals surface area contributed by atoms with E-state index in [1.807, 2.05) is 0 Å². The van der Waals surface area contributed by atoms with Gasteiger partial charge in [0, 0.05) is 5.39 Å². The molecule has 0 aliphatic heterocycles. The second kappa shape index (κ2) is 11.3. The van der Waals surface area contributed by atoms with Gasteiger partial charge in [0.15, 0.2) is 0 Å². The molecule has 0 saturated carbocycles. The normalized spacial score (nSPS) is 10.5. The molecule has 0 amide bonds. The fourth-order valence-corrected chi connectivity index (χ4v) is 2.82. The van der Waals surface area contributed by atoms with E-state index in [4.69, 9.17) is 9.11 Å². The molecule has 6 nitrogen and oxygen atoms in total. The van der Waals surface area contributed by atoms with Crippen molar-refractivity contribution < 1.29 is 150 Å². The Morgan fingerprint density at radius 1 is 0.773 bits per heavy atom. The van der Waals surface area contributed by atoms with Gasteiger partial charge in [-0.05, 0) is 23.6 Å². The Bertz CT molecular complexity index is 852.